The smallest absolute Gasteiger partial charge is 0.240 e. The summed E-state index contributed by atoms with van der Waals surface area (Å²) in [6, 6.07) is 6.61. The minimum absolute atomic E-state index is 0.141. The Morgan fingerprint density at radius 2 is 2.18 bits per heavy atom. The SMILES string of the molecule is COCC(C)CNS(=O)(=O)c1cccc(Br)c1. The Morgan fingerprint density at radius 3 is 2.76 bits per heavy atom. The molecule has 6 heteroatoms. The highest BCUT2D eigenvalue weighted by molar-refractivity contribution is 9.10. The number of methoxy groups -OCH3 is 1. The summed E-state index contributed by atoms with van der Waals surface area (Å²) in [5.41, 5.74) is 0. The normalized spacial score (nSPS) is 13.6. The lowest BCUT2D eigenvalue weighted by atomic mass is 10.2. The van der Waals surface area contributed by atoms with Gasteiger partial charge in [0.1, 0.15) is 0 Å². The zero-order valence-electron chi connectivity index (χ0n) is 9.81. The first-order valence-electron chi connectivity index (χ1n) is 5.20. The van der Waals surface area contributed by atoms with Crippen molar-refractivity contribution in [1.82, 2.24) is 4.72 Å². The van der Waals surface area contributed by atoms with Gasteiger partial charge in [0.25, 0.3) is 0 Å². The van der Waals surface area contributed by atoms with E-state index < -0.39 is 10.0 Å². The maximum Gasteiger partial charge on any atom is 0.240 e. The third-order valence-corrected chi connectivity index (χ3v) is 4.09. The molecule has 0 amide bonds. The highest BCUT2D eigenvalue weighted by atomic mass is 79.9. The van der Waals surface area contributed by atoms with Crippen LogP contribution in [0.5, 0.6) is 0 Å². The summed E-state index contributed by atoms with van der Waals surface area (Å²) >= 11 is 3.25. The van der Waals surface area contributed by atoms with Crippen LogP contribution in [0.4, 0.5) is 0 Å². The largest absolute Gasteiger partial charge is 0.384 e. The summed E-state index contributed by atoms with van der Waals surface area (Å²) in [6.45, 7) is 2.82. The fourth-order valence-corrected chi connectivity index (χ4v) is 3.07. The predicted octanol–water partition coefficient (Wildman–Crippen LogP) is 2.01. The fourth-order valence-electron chi connectivity index (χ4n) is 1.31. The molecule has 0 aromatic heterocycles. The number of hydrogen-bond donors (Lipinski definition) is 1. The monoisotopic (exact) mass is 321 g/mol. The van der Waals surface area contributed by atoms with Crippen LogP contribution in [0.1, 0.15) is 6.92 Å². The van der Waals surface area contributed by atoms with E-state index in [1.54, 1.807) is 31.4 Å². The molecule has 0 aliphatic heterocycles. The first-order valence-corrected chi connectivity index (χ1v) is 7.47. The molecule has 0 saturated carbocycles. The van der Waals surface area contributed by atoms with Crippen LogP contribution in [0.3, 0.4) is 0 Å². The van der Waals surface area contributed by atoms with Gasteiger partial charge in [-0.15, -0.1) is 0 Å². The van der Waals surface area contributed by atoms with Crippen LogP contribution in [-0.2, 0) is 14.8 Å². The zero-order chi connectivity index (χ0) is 12.9. The van der Waals surface area contributed by atoms with Crippen molar-refractivity contribution >= 4 is 26.0 Å². The second-order valence-electron chi connectivity index (χ2n) is 3.87. The van der Waals surface area contributed by atoms with E-state index in [4.69, 9.17) is 4.74 Å². The third kappa shape index (κ3) is 4.75. The van der Waals surface area contributed by atoms with Crippen molar-refractivity contribution in [2.24, 2.45) is 5.92 Å². The van der Waals surface area contributed by atoms with Gasteiger partial charge in [-0.05, 0) is 24.1 Å². The van der Waals surface area contributed by atoms with E-state index in [0.717, 1.165) is 4.47 Å². The Labute approximate surface area is 111 Å². The van der Waals surface area contributed by atoms with Crippen molar-refractivity contribution < 1.29 is 13.2 Å². The Balaban J connectivity index is 2.69. The number of rotatable bonds is 6. The van der Waals surface area contributed by atoms with E-state index in [-0.39, 0.29) is 10.8 Å². The highest BCUT2D eigenvalue weighted by Crippen LogP contribution is 2.15. The van der Waals surface area contributed by atoms with Crippen molar-refractivity contribution in [3.63, 3.8) is 0 Å². The first kappa shape index (κ1) is 14.6. The Hall–Kier alpha value is -0.430. The average Bonchev–Trinajstić information content (AvgIpc) is 2.27. The van der Waals surface area contributed by atoms with Crippen LogP contribution >= 0.6 is 15.9 Å². The molecule has 0 heterocycles. The van der Waals surface area contributed by atoms with E-state index in [9.17, 15) is 8.42 Å². The number of sulfonamides is 1. The molecule has 0 bridgehead atoms. The van der Waals surface area contributed by atoms with Crippen LogP contribution in [-0.4, -0.2) is 28.7 Å². The van der Waals surface area contributed by atoms with E-state index in [1.165, 1.54) is 0 Å². The summed E-state index contributed by atoms with van der Waals surface area (Å²) in [5.74, 6) is 0.141. The molecule has 0 spiro atoms. The van der Waals surface area contributed by atoms with Gasteiger partial charge in [-0.3, -0.25) is 0 Å². The summed E-state index contributed by atoms with van der Waals surface area (Å²) in [4.78, 5) is 0.261. The Kier molecular flexibility index (Phi) is 5.58. The minimum Gasteiger partial charge on any atom is -0.384 e. The van der Waals surface area contributed by atoms with E-state index in [0.29, 0.717) is 13.2 Å². The standard InChI is InChI=1S/C11H16BrNO3S/c1-9(8-16-2)7-13-17(14,15)11-5-3-4-10(12)6-11/h3-6,9,13H,7-8H2,1-2H3. The summed E-state index contributed by atoms with van der Waals surface area (Å²) in [6.07, 6.45) is 0. The van der Waals surface area contributed by atoms with Crippen LogP contribution in [0.15, 0.2) is 33.6 Å². The van der Waals surface area contributed by atoms with Crippen molar-refractivity contribution in [2.45, 2.75) is 11.8 Å². The van der Waals surface area contributed by atoms with E-state index in [2.05, 4.69) is 20.7 Å². The zero-order valence-corrected chi connectivity index (χ0v) is 12.2. The molecule has 96 valence electrons. The van der Waals surface area contributed by atoms with Gasteiger partial charge in [-0.1, -0.05) is 28.9 Å². The molecule has 0 fully saturated rings. The molecule has 17 heavy (non-hydrogen) atoms. The molecule has 0 radical (unpaired) electrons. The van der Waals surface area contributed by atoms with Crippen molar-refractivity contribution in [3.05, 3.63) is 28.7 Å². The van der Waals surface area contributed by atoms with Gasteiger partial charge < -0.3 is 4.74 Å². The Bertz CT molecular complexity index is 462. The number of nitrogens with one attached hydrogen (secondary N) is 1. The van der Waals surface area contributed by atoms with Crippen LogP contribution in [0, 0.1) is 5.92 Å². The van der Waals surface area contributed by atoms with Crippen molar-refractivity contribution in [2.75, 3.05) is 20.3 Å². The molecule has 4 nitrogen and oxygen atoms in total. The quantitative estimate of drug-likeness (QED) is 0.872. The first-order chi connectivity index (χ1) is 7.95. The topological polar surface area (TPSA) is 55.4 Å². The van der Waals surface area contributed by atoms with Crippen molar-refractivity contribution in [1.29, 1.82) is 0 Å². The molecule has 1 unspecified atom stereocenters. The highest BCUT2D eigenvalue weighted by Gasteiger charge is 2.15. The van der Waals surface area contributed by atoms with Crippen LogP contribution < -0.4 is 4.72 Å². The molecule has 1 atom stereocenters. The maximum absolute atomic E-state index is 11.9. The molecule has 0 saturated heterocycles. The summed E-state index contributed by atoms with van der Waals surface area (Å²) < 4.78 is 32.1. The van der Waals surface area contributed by atoms with Gasteiger partial charge in [0, 0.05) is 24.7 Å². The second-order valence-corrected chi connectivity index (χ2v) is 6.55. The molecule has 1 aromatic rings. The maximum atomic E-state index is 11.9. The number of hydrogen-bond acceptors (Lipinski definition) is 3. The van der Waals surface area contributed by atoms with Gasteiger partial charge in [-0.2, -0.15) is 0 Å². The minimum atomic E-state index is -3.43. The Morgan fingerprint density at radius 1 is 1.47 bits per heavy atom. The van der Waals surface area contributed by atoms with Gasteiger partial charge in [-0.25, -0.2) is 13.1 Å². The van der Waals surface area contributed by atoms with Gasteiger partial charge in [0.15, 0.2) is 0 Å². The lowest BCUT2D eigenvalue weighted by molar-refractivity contribution is 0.161. The third-order valence-electron chi connectivity index (χ3n) is 2.18. The molecule has 1 aromatic carbocycles. The fraction of sp³-hybridized carbons (Fsp3) is 0.455. The van der Waals surface area contributed by atoms with Crippen LogP contribution in [0.25, 0.3) is 0 Å². The van der Waals surface area contributed by atoms with Crippen molar-refractivity contribution in [3.8, 4) is 0 Å². The lowest BCUT2D eigenvalue weighted by Crippen LogP contribution is -2.30. The number of benzene rings is 1. The second kappa shape index (κ2) is 6.49. The lowest BCUT2D eigenvalue weighted by Gasteiger charge is -2.12. The van der Waals surface area contributed by atoms with Gasteiger partial charge in [0.05, 0.1) is 4.90 Å². The average molecular weight is 322 g/mol. The molecule has 1 N–H and O–H groups in total. The molecular formula is C11H16BrNO3S. The molecule has 0 aliphatic carbocycles. The number of ether oxygens (including phenoxy) is 1. The molecule has 1 rings (SSSR count). The van der Waals surface area contributed by atoms with E-state index >= 15 is 0 Å². The van der Waals surface area contributed by atoms with Gasteiger partial charge in [0.2, 0.25) is 10.0 Å². The number of halogens is 1. The van der Waals surface area contributed by atoms with Crippen LogP contribution in [0.2, 0.25) is 0 Å². The van der Waals surface area contributed by atoms with E-state index in [1.807, 2.05) is 6.92 Å². The summed E-state index contributed by atoms with van der Waals surface area (Å²) in [7, 11) is -1.84. The predicted molar refractivity (Wildman–Crippen MR) is 70.4 cm³/mol. The van der Waals surface area contributed by atoms with Gasteiger partial charge >= 0.3 is 0 Å². The summed E-state index contributed by atoms with van der Waals surface area (Å²) in [5, 5.41) is 0. The molecular weight excluding hydrogens is 306 g/mol. The molecule has 0 aliphatic rings.